The first-order valence-corrected chi connectivity index (χ1v) is 16.8. The number of aryl methyl sites for hydroxylation is 4. The highest BCUT2D eigenvalue weighted by Crippen LogP contribution is 2.45. The number of rotatable bonds is 5. The van der Waals surface area contributed by atoms with Gasteiger partial charge in [0.2, 0.25) is 0 Å². The maximum atomic E-state index is 2.62. The van der Waals surface area contributed by atoms with Crippen LogP contribution in [-0.4, -0.2) is 8.07 Å². The quantitative estimate of drug-likeness (QED) is 0.234. The first kappa shape index (κ1) is 24.9. The highest BCUT2D eigenvalue weighted by molar-refractivity contribution is 6.93. The van der Waals surface area contributed by atoms with E-state index < -0.39 is 8.07 Å². The molecule has 2 aliphatic carbocycles. The van der Waals surface area contributed by atoms with E-state index in [2.05, 4.69) is 126 Å². The van der Waals surface area contributed by atoms with Crippen molar-refractivity contribution in [2.24, 2.45) is 0 Å². The molecular formula is C37H38Si. The molecule has 0 radical (unpaired) electrons. The van der Waals surface area contributed by atoms with Crippen molar-refractivity contribution in [3.63, 3.8) is 0 Å². The summed E-state index contributed by atoms with van der Waals surface area (Å²) in [5, 5.41) is 3.39. The molecule has 0 amide bonds. The molecule has 0 nitrogen and oxygen atoms in total. The molecule has 0 spiro atoms. The minimum atomic E-state index is -1.82. The average Bonchev–Trinajstić information content (AvgIpc) is 3.52. The lowest BCUT2D eigenvalue weighted by molar-refractivity contribution is 1.19. The first-order valence-electron chi connectivity index (χ1n) is 14.1. The molecule has 0 saturated heterocycles. The molecule has 0 N–H and O–H groups in total. The van der Waals surface area contributed by atoms with Gasteiger partial charge in [-0.2, -0.15) is 0 Å². The van der Waals surface area contributed by atoms with Gasteiger partial charge in [-0.1, -0.05) is 137 Å². The predicted octanol–water partition coefficient (Wildman–Crippen LogP) is 10.0. The standard InChI is InChI=1S/C37H38Si/c1-7-38(6,32-20-28-10-8-12-34(36(28)22-32)30-16-24(2)14-25(3)17-30)33-21-29-11-9-13-35(37(29)23-33)31-18-26(4)15-27(5)19-31/h8-19,22-23H,7,20-21H2,1-6H3. The van der Waals surface area contributed by atoms with E-state index in [0.29, 0.717) is 0 Å². The molecule has 0 bridgehead atoms. The van der Waals surface area contributed by atoms with E-state index in [9.17, 15) is 0 Å². The maximum absolute atomic E-state index is 2.62. The van der Waals surface area contributed by atoms with Crippen LogP contribution in [0.25, 0.3) is 34.4 Å². The molecular weight excluding hydrogens is 472 g/mol. The number of allylic oxidation sites excluding steroid dienone is 2. The lowest BCUT2D eigenvalue weighted by Gasteiger charge is -2.30. The van der Waals surface area contributed by atoms with Crippen molar-refractivity contribution >= 4 is 20.2 Å². The molecule has 0 fully saturated rings. The number of hydrogen-bond donors (Lipinski definition) is 0. The Morgan fingerprint density at radius 3 is 1.34 bits per heavy atom. The van der Waals surface area contributed by atoms with E-state index in [-0.39, 0.29) is 0 Å². The molecule has 2 aliphatic rings. The summed E-state index contributed by atoms with van der Waals surface area (Å²) in [6, 6.07) is 29.0. The van der Waals surface area contributed by atoms with Crippen LogP contribution in [0.1, 0.15) is 51.4 Å². The second-order valence-electron chi connectivity index (χ2n) is 11.9. The fourth-order valence-corrected chi connectivity index (χ4v) is 10.3. The summed E-state index contributed by atoms with van der Waals surface area (Å²) >= 11 is 0. The fourth-order valence-electron chi connectivity index (χ4n) is 6.87. The van der Waals surface area contributed by atoms with Crippen molar-refractivity contribution in [1.29, 1.82) is 0 Å². The van der Waals surface area contributed by atoms with E-state index in [1.165, 1.54) is 72.8 Å². The summed E-state index contributed by atoms with van der Waals surface area (Å²) in [7, 11) is -1.82. The average molecular weight is 511 g/mol. The highest BCUT2D eigenvalue weighted by Gasteiger charge is 2.38. The number of fused-ring (bicyclic) bond motifs is 2. The Labute approximate surface area is 229 Å². The van der Waals surface area contributed by atoms with E-state index in [1.807, 2.05) is 0 Å². The van der Waals surface area contributed by atoms with Crippen LogP contribution in [0.5, 0.6) is 0 Å². The van der Waals surface area contributed by atoms with Crippen molar-refractivity contribution in [1.82, 2.24) is 0 Å². The molecule has 0 saturated carbocycles. The Hall–Kier alpha value is -3.42. The Bertz CT molecular complexity index is 1490. The minimum absolute atomic E-state index is 1.10. The van der Waals surface area contributed by atoms with Crippen LogP contribution in [0, 0.1) is 27.7 Å². The van der Waals surface area contributed by atoms with Gasteiger partial charge in [-0.3, -0.25) is 0 Å². The Morgan fingerprint density at radius 1 is 0.579 bits per heavy atom. The Morgan fingerprint density at radius 2 is 0.974 bits per heavy atom. The first-order chi connectivity index (χ1) is 18.2. The lowest BCUT2D eigenvalue weighted by Crippen LogP contribution is -2.35. The van der Waals surface area contributed by atoms with Crippen molar-refractivity contribution in [3.05, 3.63) is 128 Å². The molecule has 0 aliphatic heterocycles. The second-order valence-corrected chi connectivity index (χ2v) is 16.5. The Balaban J connectivity index is 1.41. The van der Waals surface area contributed by atoms with E-state index in [1.54, 1.807) is 10.4 Å². The predicted molar refractivity (Wildman–Crippen MR) is 168 cm³/mol. The third kappa shape index (κ3) is 4.24. The van der Waals surface area contributed by atoms with Gasteiger partial charge in [-0.05, 0) is 85.0 Å². The summed E-state index contributed by atoms with van der Waals surface area (Å²) in [5.74, 6) is 0. The summed E-state index contributed by atoms with van der Waals surface area (Å²) in [4.78, 5) is 0. The molecule has 6 rings (SSSR count). The van der Waals surface area contributed by atoms with Gasteiger partial charge in [-0.25, -0.2) is 0 Å². The van der Waals surface area contributed by atoms with Gasteiger partial charge in [0, 0.05) is 0 Å². The van der Waals surface area contributed by atoms with Gasteiger partial charge in [0.1, 0.15) is 8.07 Å². The molecule has 190 valence electrons. The van der Waals surface area contributed by atoms with Gasteiger partial charge in [0.05, 0.1) is 0 Å². The molecule has 4 aromatic rings. The largest absolute Gasteiger partial charge is 0.106 e. The third-order valence-corrected chi connectivity index (χ3v) is 13.9. The molecule has 0 atom stereocenters. The topological polar surface area (TPSA) is 0 Å². The van der Waals surface area contributed by atoms with Crippen molar-refractivity contribution in [3.8, 4) is 22.3 Å². The van der Waals surface area contributed by atoms with Crippen LogP contribution in [0.3, 0.4) is 0 Å². The van der Waals surface area contributed by atoms with Gasteiger partial charge in [0.25, 0.3) is 0 Å². The third-order valence-electron chi connectivity index (χ3n) is 8.98. The zero-order chi connectivity index (χ0) is 26.6. The summed E-state index contributed by atoms with van der Waals surface area (Å²) < 4.78 is 0. The summed E-state index contributed by atoms with van der Waals surface area (Å²) in [6.07, 6.45) is 7.38. The second kappa shape index (κ2) is 9.40. The van der Waals surface area contributed by atoms with Crippen LogP contribution in [0.2, 0.25) is 12.6 Å². The van der Waals surface area contributed by atoms with Crippen LogP contribution < -0.4 is 0 Å². The molecule has 0 heterocycles. The van der Waals surface area contributed by atoms with Crippen LogP contribution >= 0.6 is 0 Å². The van der Waals surface area contributed by atoms with Gasteiger partial charge in [-0.15, -0.1) is 0 Å². The zero-order valence-electron chi connectivity index (χ0n) is 23.7. The van der Waals surface area contributed by atoms with Gasteiger partial charge >= 0.3 is 0 Å². The molecule has 4 aromatic carbocycles. The monoisotopic (exact) mass is 510 g/mol. The van der Waals surface area contributed by atoms with Crippen molar-refractivity contribution in [2.45, 2.75) is 60.1 Å². The van der Waals surface area contributed by atoms with Crippen molar-refractivity contribution in [2.75, 3.05) is 0 Å². The normalized spacial score (nSPS) is 14.3. The fraction of sp³-hybridized carbons (Fsp3) is 0.243. The Kier molecular flexibility index (Phi) is 6.15. The molecule has 38 heavy (non-hydrogen) atoms. The van der Waals surface area contributed by atoms with Gasteiger partial charge in [0.15, 0.2) is 0 Å². The minimum Gasteiger partial charge on any atom is -0.0712 e. The zero-order valence-corrected chi connectivity index (χ0v) is 24.7. The molecule has 0 aromatic heterocycles. The summed E-state index contributed by atoms with van der Waals surface area (Å²) in [6.45, 7) is 13.9. The van der Waals surface area contributed by atoms with Crippen LogP contribution in [0.15, 0.2) is 83.2 Å². The van der Waals surface area contributed by atoms with Crippen LogP contribution in [-0.2, 0) is 12.8 Å². The highest BCUT2D eigenvalue weighted by atomic mass is 28.3. The van der Waals surface area contributed by atoms with Crippen molar-refractivity contribution < 1.29 is 0 Å². The maximum Gasteiger partial charge on any atom is 0.106 e. The SMILES string of the molecule is CC[Si](C)(C1=Cc2c(cccc2-c2cc(C)cc(C)c2)C1)C1=Cc2c(cccc2-c2cc(C)cc(C)c2)C1. The summed E-state index contributed by atoms with van der Waals surface area (Å²) in [5.41, 5.74) is 16.7. The molecule has 0 unspecified atom stereocenters. The molecule has 1 heteroatoms. The van der Waals surface area contributed by atoms with E-state index in [0.717, 1.165) is 12.8 Å². The van der Waals surface area contributed by atoms with Crippen LogP contribution in [0.4, 0.5) is 0 Å². The van der Waals surface area contributed by atoms with E-state index >= 15 is 0 Å². The van der Waals surface area contributed by atoms with Gasteiger partial charge < -0.3 is 0 Å². The smallest absolute Gasteiger partial charge is 0.0712 e. The number of hydrogen-bond acceptors (Lipinski definition) is 0. The lowest BCUT2D eigenvalue weighted by atomic mass is 9.95. The van der Waals surface area contributed by atoms with E-state index in [4.69, 9.17) is 0 Å². The number of benzene rings is 4.